The molecule has 0 N–H and O–H groups in total. The average Bonchev–Trinajstić information content (AvgIpc) is 2.59. The first-order valence-corrected chi connectivity index (χ1v) is 10.0. The van der Waals surface area contributed by atoms with E-state index in [0.29, 0.717) is 23.8 Å². The summed E-state index contributed by atoms with van der Waals surface area (Å²) in [6.45, 7) is 16.3. The molecule has 1 heterocycles. The molecule has 1 aliphatic carbocycles. The summed E-state index contributed by atoms with van der Waals surface area (Å²) in [6.07, 6.45) is 2.48. The molecule has 0 bridgehead atoms. The van der Waals surface area contributed by atoms with Crippen LogP contribution in [-0.4, -0.2) is 11.8 Å². The van der Waals surface area contributed by atoms with Gasteiger partial charge in [-0.3, -0.25) is 4.99 Å². The quantitative estimate of drug-likeness (QED) is 0.513. The number of hydrogen-bond donors (Lipinski definition) is 0. The normalized spacial score (nSPS) is 29.1. The molecule has 2 aliphatic rings. The number of rotatable bonds is 1. The fraction of sp³-hybridized carbons (Fsp3) is 0.480. The molecule has 0 saturated carbocycles. The molecule has 0 saturated heterocycles. The van der Waals surface area contributed by atoms with Crippen LogP contribution in [0.15, 0.2) is 47.0 Å². The first kappa shape index (κ1) is 17.5. The van der Waals surface area contributed by atoms with E-state index < -0.39 is 0 Å². The molecule has 0 fully saturated rings. The highest BCUT2D eigenvalue weighted by atomic mass is 14.8. The zero-order valence-corrected chi connectivity index (χ0v) is 17.2. The van der Waals surface area contributed by atoms with E-state index in [1.165, 1.54) is 38.7 Å². The molecule has 2 aromatic rings. The molecular formula is C25H31N. The fourth-order valence-electron chi connectivity index (χ4n) is 5.30. The SMILES string of the molecule is CC(C)=CC1C(C)C2=NC(C)C(C)c3c2c(cc2ccccc32)C1(C)C. The number of aliphatic imine (C=N–C) groups is 1. The van der Waals surface area contributed by atoms with Gasteiger partial charge in [-0.1, -0.05) is 63.6 Å². The number of fused-ring (bicyclic) bond motifs is 2. The van der Waals surface area contributed by atoms with Crippen molar-refractivity contribution in [1.29, 1.82) is 0 Å². The van der Waals surface area contributed by atoms with Crippen molar-refractivity contribution in [3.8, 4) is 0 Å². The maximum atomic E-state index is 5.23. The maximum absolute atomic E-state index is 5.23. The third-order valence-electron chi connectivity index (χ3n) is 6.88. The lowest BCUT2D eigenvalue weighted by Crippen LogP contribution is -2.45. The van der Waals surface area contributed by atoms with Crippen molar-refractivity contribution in [1.82, 2.24) is 0 Å². The second kappa shape index (κ2) is 5.81. The number of nitrogens with zero attached hydrogens (tertiary/aromatic N) is 1. The van der Waals surface area contributed by atoms with Crippen LogP contribution in [0.4, 0.5) is 0 Å². The molecule has 26 heavy (non-hydrogen) atoms. The van der Waals surface area contributed by atoms with Gasteiger partial charge in [-0.2, -0.15) is 0 Å². The van der Waals surface area contributed by atoms with Crippen LogP contribution in [-0.2, 0) is 5.41 Å². The van der Waals surface area contributed by atoms with E-state index in [1.54, 1.807) is 0 Å². The molecule has 0 amide bonds. The Hall–Kier alpha value is -1.89. The zero-order chi connectivity index (χ0) is 18.8. The van der Waals surface area contributed by atoms with Crippen LogP contribution < -0.4 is 0 Å². The third kappa shape index (κ3) is 2.32. The summed E-state index contributed by atoms with van der Waals surface area (Å²) in [4.78, 5) is 5.23. The van der Waals surface area contributed by atoms with E-state index in [2.05, 4.69) is 84.9 Å². The van der Waals surface area contributed by atoms with Gasteiger partial charge in [0, 0.05) is 23.1 Å². The van der Waals surface area contributed by atoms with Crippen LogP contribution in [0.1, 0.15) is 71.1 Å². The lowest BCUT2D eigenvalue weighted by Gasteiger charge is -2.47. The van der Waals surface area contributed by atoms with Crippen LogP contribution in [0, 0.1) is 11.8 Å². The standard InChI is InChI=1S/C25H31N/c1-14(2)12-20-16(4)24-23-21(25(20,6)7)13-18-10-8-9-11-19(18)22(23)15(3)17(5)26-24/h8-13,15-17,20H,1-7H3. The molecule has 1 heteroatoms. The van der Waals surface area contributed by atoms with E-state index in [0.717, 1.165) is 0 Å². The van der Waals surface area contributed by atoms with Gasteiger partial charge in [0.25, 0.3) is 0 Å². The van der Waals surface area contributed by atoms with Gasteiger partial charge in [0.2, 0.25) is 0 Å². The zero-order valence-electron chi connectivity index (χ0n) is 17.2. The Labute approximate surface area is 158 Å². The predicted molar refractivity (Wildman–Crippen MR) is 113 cm³/mol. The van der Waals surface area contributed by atoms with Crippen molar-refractivity contribution >= 4 is 16.5 Å². The van der Waals surface area contributed by atoms with Crippen LogP contribution >= 0.6 is 0 Å². The Kier molecular flexibility index (Phi) is 3.91. The summed E-state index contributed by atoms with van der Waals surface area (Å²) in [5.74, 6) is 1.39. The van der Waals surface area contributed by atoms with E-state index in [1.807, 2.05) is 0 Å². The number of allylic oxidation sites excluding steroid dienone is 2. The molecule has 0 radical (unpaired) electrons. The summed E-state index contributed by atoms with van der Waals surface area (Å²) >= 11 is 0. The molecular weight excluding hydrogens is 314 g/mol. The summed E-state index contributed by atoms with van der Waals surface area (Å²) in [7, 11) is 0. The van der Waals surface area contributed by atoms with Gasteiger partial charge in [0.15, 0.2) is 0 Å². The van der Waals surface area contributed by atoms with Gasteiger partial charge in [-0.15, -0.1) is 0 Å². The van der Waals surface area contributed by atoms with Crippen molar-refractivity contribution in [3.05, 3.63) is 58.7 Å². The van der Waals surface area contributed by atoms with Crippen molar-refractivity contribution < 1.29 is 0 Å². The largest absolute Gasteiger partial charge is 0.285 e. The Bertz CT molecular complexity index is 940. The highest BCUT2D eigenvalue weighted by molar-refractivity contribution is 6.11. The van der Waals surface area contributed by atoms with Crippen LogP contribution in [0.2, 0.25) is 0 Å². The molecule has 4 rings (SSSR count). The topological polar surface area (TPSA) is 12.4 Å². The van der Waals surface area contributed by atoms with Crippen molar-refractivity contribution in [2.75, 3.05) is 0 Å². The number of hydrogen-bond acceptors (Lipinski definition) is 1. The maximum Gasteiger partial charge on any atom is 0.0541 e. The molecule has 4 atom stereocenters. The first-order valence-electron chi connectivity index (χ1n) is 10.0. The second-order valence-electron chi connectivity index (χ2n) is 9.26. The third-order valence-corrected chi connectivity index (χ3v) is 6.88. The molecule has 0 spiro atoms. The molecule has 2 aromatic carbocycles. The van der Waals surface area contributed by atoms with E-state index >= 15 is 0 Å². The minimum atomic E-state index is 0.101. The average molecular weight is 346 g/mol. The smallest absolute Gasteiger partial charge is 0.0541 e. The van der Waals surface area contributed by atoms with Crippen LogP contribution in [0.5, 0.6) is 0 Å². The number of benzene rings is 2. The highest BCUT2D eigenvalue weighted by Crippen LogP contribution is 2.51. The van der Waals surface area contributed by atoms with Crippen LogP contribution in [0.25, 0.3) is 10.8 Å². The minimum absolute atomic E-state index is 0.101. The summed E-state index contributed by atoms with van der Waals surface area (Å²) < 4.78 is 0. The van der Waals surface area contributed by atoms with Crippen molar-refractivity contribution in [2.24, 2.45) is 16.8 Å². The van der Waals surface area contributed by atoms with Gasteiger partial charge < -0.3 is 0 Å². The van der Waals surface area contributed by atoms with Gasteiger partial charge >= 0.3 is 0 Å². The monoisotopic (exact) mass is 345 g/mol. The summed E-state index contributed by atoms with van der Waals surface area (Å²) in [6, 6.07) is 11.7. The minimum Gasteiger partial charge on any atom is -0.285 e. The molecule has 1 aliphatic heterocycles. The molecule has 4 unspecified atom stereocenters. The van der Waals surface area contributed by atoms with Gasteiger partial charge in [-0.05, 0) is 60.1 Å². The van der Waals surface area contributed by atoms with Crippen molar-refractivity contribution in [2.45, 2.75) is 65.8 Å². The first-order chi connectivity index (χ1) is 12.2. The summed E-state index contributed by atoms with van der Waals surface area (Å²) in [5, 5.41) is 2.79. The lowest BCUT2D eigenvalue weighted by atomic mass is 9.58. The highest BCUT2D eigenvalue weighted by Gasteiger charge is 2.46. The Morgan fingerprint density at radius 2 is 1.73 bits per heavy atom. The Balaban J connectivity index is 2.13. The molecule has 136 valence electrons. The summed E-state index contributed by atoms with van der Waals surface area (Å²) in [5.41, 5.74) is 7.33. The van der Waals surface area contributed by atoms with E-state index in [4.69, 9.17) is 4.99 Å². The predicted octanol–water partition coefficient (Wildman–Crippen LogP) is 6.64. The van der Waals surface area contributed by atoms with Gasteiger partial charge in [-0.25, -0.2) is 0 Å². The van der Waals surface area contributed by atoms with E-state index in [9.17, 15) is 0 Å². The Morgan fingerprint density at radius 3 is 2.42 bits per heavy atom. The molecule has 0 aromatic heterocycles. The fourth-order valence-corrected chi connectivity index (χ4v) is 5.30. The van der Waals surface area contributed by atoms with E-state index in [-0.39, 0.29) is 5.41 Å². The molecule has 1 nitrogen and oxygen atoms in total. The van der Waals surface area contributed by atoms with Gasteiger partial charge in [0.1, 0.15) is 0 Å². The van der Waals surface area contributed by atoms with Gasteiger partial charge in [0.05, 0.1) is 6.04 Å². The Morgan fingerprint density at radius 1 is 1.04 bits per heavy atom. The van der Waals surface area contributed by atoms with Crippen molar-refractivity contribution in [3.63, 3.8) is 0 Å². The second-order valence-corrected chi connectivity index (χ2v) is 9.26. The lowest BCUT2D eigenvalue weighted by molar-refractivity contribution is 0.317. The van der Waals surface area contributed by atoms with Crippen LogP contribution in [0.3, 0.4) is 0 Å².